The fourth-order valence-corrected chi connectivity index (χ4v) is 2.20. The molecule has 140 valence electrons. The van der Waals surface area contributed by atoms with Crippen LogP contribution in [0.15, 0.2) is 85.2 Å². The summed E-state index contributed by atoms with van der Waals surface area (Å²) in [6.45, 7) is 0. The van der Waals surface area contributed by atoms with Crippen molar-refractivity contribution in [2.24, 2.45) is 0 Å². The third-order valence-electron chi connectivity index (χ3n) is 3.40. The molecule has 0 amide bonds. The molecule has 4 rings (SSSR count). The maximum Gasteiger partial charge on any atom is 2.00 e. The zero-order chi connectivity index (χ0) is 17.5. The molecule has 4 aromatic rings. The number of fused-ring (bicyclic) bond motifs is 1. The predicted octanol–water partition coefficient (Wildman–Crippen LogP) is 2.38. The molecule has 0 atom stereocenters. The van der Waals surface area contributed by atoms with E-state index in [0.717, 1.165) is 22.4 Å². The van der Waals surface area contributed by atoms with Gasteiger partial charge in [0.1, 0.15) is 11.6 Å². The third kappa shape index (κ3) is 6.35. The summed E-state index contributed by atoms with van der Waals surface area (Å²) in [6.07, 6.45) is 3.48. The number of hydrogen-bond acceptors (Lipinski definition) is 5. The molecule has 7 heteroatoms. The van der Waals surface area contributed by atoms with Crippen LogP contribution >= 0.6 is 0 Å². The second-order valence-electron chi connectivity index (χ2n) is 5.20. The van der Waals surface area contributed by atoms with E-state index in [1.54, 1.807) is 12.4 Å². The maximum atomic E-state index is 10.9. The first-order chi connectivity index (χ1) is 12.2. The van der Waals surface area contributed by atoms with E-state index in [2.05, 4.69) is 15.3 Å². The minimum absolute atomic E-state index is 0. The van der Waals surface area contributed by atoms with Crippen molar-refractivity contribution in [3.63, 3.8) is 0 Å². The van der Waals surface area contributed by atoms with Crippen LogP contribution in [0.1, 0.15) is 0 Å². The van der Waals surface area contributed by atoms with Crippen molar-refractivity contribution in [2.45, 2.75) is 0 Å². The number of benzene rings is 2. The normalized spacial score (nSPS) is 9.19. The van der Waals surface area contributed by atoms with Crippen LogP contribution in [0.2, 0.25) is 0 Å². The molecule has 6 nitrogen and oxygen atoms in total. The number of pyridine rings is 2. The summed E-state index contributed by atoms with van der Waals surface area (Å²) in [5.41, 5.74) is 0. The molecule has 0 radical (unpaired) electrons. The molecule has 0 aliphatic heterocycles. The van der Waals surface area contributed by atoms with Crippen LogP contribution in [0.3, 0.4) is 0 Å². The van der Waals surface area contributed by atoms with Gasteiger partial charge in [0.25, 0.3) is 0 Å². The topological polar surface area (TPSA) is 115 Å². The number of nitrogens with zero attached hydrogens (tertiary/aromatic N) is 2. The van der Waals surface area contributed by atoms with Crippen molar-refractivity contribution in [1.82, 2.24) is 9.97 Å². The number of anilines is 2. The Morgan fingerprint density at radius 1 is 0.630 bits per heavy atom. The van der Waals surface area contributed by atoms with Gasteiger partial charge in [-0.25, -0.2) is 9.97 Å². The van der Waals surface area contributed by atoms with E-state index >= 15 is 0 Å². The molecular weight excluding hydrogens is 437 g/mol. The SMILES string of the molecule is O.[O-]c1cc2ccccc2cc1[O-].[Pd+2].c1ccc(Nc2ccccn2)nc1. The van der Waals surface area contributed by atoms with E-state index in [9.17, 15) is 10.2 Å². The first-order valence-electron chi connectivity index (χ1n) is 7.68. The monoisotopic (exact) mass is 453 g/mol. The molecule has 2 heterocycles. The molecule has 0 saturated carbocycles. The molecule has 2 aromatic heterocycles. The Kier molecular flexibility index (Phi) is 8.90. The van der Waals surface area contributed by atoms with Gasteiger partial charge in [-0.15, -0.1) is 11.5 Å². The number of rotatable bonds is 2. The average molecular weight is 454 g/mol. The molecule has 0 aliphatic carbocycles. The number of aromatic nitrogens is 2. The molecule has 0 fully saturated rings. The molecule has 0 unspecified atom stereocenters. The smallest absolute Gasteiger partial charge is 0.873 e. The van der Waals surface area contributed by atoms with E-state index in [1.165, 1.54) is 12.1 Å². The van der Waals surface area contributed by atoms with Crippen LogP contribution in [0.25, 0.3) is 10.8 Å². The summed E-state index contributed by atoms with van der Waals surface area (Å²) < 4.78 is 0. The van der Waals surface area contributed by atoms with E-state index in [4.69, 9.17) is 0 Å². The minimum Gasteiger partial charge on any atom is -0.873 e. The van der Waals surface area contributed by atoms with E-state index in [1.807, 2.05) is 60.7 Å². The van der Waals surface area contributed by atoms with Gasteiger partial charge < -0.3 is 21.0 Å². The van der Waals surface area contributed by atoms with Gasteiger partial charge in [0, 0.05) is 12.4 Å². The van der Waals surface area contributed by atoms with Crippen molar-refractivity contribution < 1.29 is 36.1 Å². The predicted molar refractivity (Wildman–Crippen MR) is 98.2 cm³/mol. The van der Waals surface area contributed by atoms with E-state index in [0.29, 0.717) is 0 Å². The van der Waals surface area contributed by atoms with Crippen molar-refractivity contribution >= 4 is 22.4 Å². The van der Waals surface area contributed by atoms with Crippen LogP contribution in [-0.4, -0.2) is 15.4 Å². The zero-order valence-electron chi connectivity index (χ0n) is 14.1. The van der Waals surface area contributed by atoms with Crippen LogP contribution < -0.4 is 15.5 Å². The van der Waals surface area contributed by atoms with Crippen molar-refractivity contribution in [2.75, 3.05) is 5.32 Å². The van der Waals surface area contributed by atoms with Gasteiger partial charge in [0.2, 0.25) is 0 Å². The standard InChI is InChI=1S/C10H9N3.C10H8O2.H2O.Pd/c1-3-7-11-9(5-1)13-10-6-2-4-8-12-10;11-9-5-7-3-1-2-4-8(7)6-10(9)12;;/h1-8H,(H,11,12,13);1-6,11-12H;1H2;/q;;;+2/p-2. The summed E-state index contributed by atoms with van der Waals surface area (Å²) >= 11 is 0. The summed E-state index contributed by atoms with van der Waals surface area (Å²) in [5.74, 6) is 0.741. The Bertz CT molecular complexity index is 876. The first kappa shape index (κ1) is 22.1. The van der Waals surface area contributed by atoms with Crippen molar-refractivity contribution in [3.8, 4) is 11.5 Å². The van der Waals surface area contributed by atoms with Crippen molar-refractivity contribution in [1.29, 1.82) is 0 Å². The Morgan fingerprint density at radius 3 is 1.41 bits per heavy atom. The average Bonchev–Trinajstić information content (AvgIpc) is 2.65. The van der Waals surface area contributed by atoms with Gasteiger partial charge in [-0.1, -0.05) is 48.5 Å². The maximum absolute atomic E-state index is 10.9. The summed E-state index contributed by atoms with van der Waals surface area (Å²) in [5, 5.41) is 26.6. The van der Waals surface area contributed by atoms with Gasteiger partial charge in [0.05, 0.1) is 0 Å². The van der Waals surface area contributed by atoms with Gasteiger partial charge in [0.15, 0.2) is 0 Å². The van der Waals surface area contributed by atoms with Crippen molar-refractivity contribution in [3.05, 3.63) is 85.2 Å². The first-order valence-corrected chi connectivity index (χ1v) is 7.68. The molecule has 0 bridgehead atoms. The molecule has 3 N–H and O–H groups in total. The minimum atomic E-state index is -0.436. The van der Waals surface area contributed by atoms with Crippen LogP contribution in [-0.2, 0) is 20.4 Å². The van der Waals surface area contributed by atoms with Crippen LogP contribution in [0, 0.1) is 0 Å². The Morgan fingerprint density at radius 2 is 1.04 bits per heavy atom. The Labute approximate surface area is 170 Å². The summed E-state index contributed by atoms with van der Waals surface area (Å²) in [6, 6.07) is 21.5. The molecule has 0 aliphatic rings. The fraction of sp³-hybridized carbons (Fsp3) is 0. The molecular formula is C20H17N3O3Pd. The molecule has 2 aromatic carbocycles. The van der Waals surface area contributed by atoms with Gasteiger partial charge in [-0.2, -0.15) is 0 Å². The Hall–Kier alpha value is -2.98. The Balaban J connectivity index is 0.000000252. The van der Waals surface area contributed by atoms with E-state index < -0.39 is 11.5 Å². The van der Waals surface area contributed by atoms with Crippen LogP contribution in [0.4, 0.5) is 11.6 Å². The summed E-state index contributed by atoms with van der Waals surface area (Å²) in [4.78, 5) is 8.25. The molecule has 0 saturated heterocycles. The molecule has 0 spiro atoms. The fourth-order valence-electron chi connectivity index (χ4n) is 2.20. The largest absolute Gasteiger partial charge is 2.00 e. The quantitative estimate of drug-likeness (QED) is 0.468. The van der Waals surface area contributed by atoms with Gasteiger partial charge in [-0.3, -0.25) is 0 Å². The van der Waals surface area contributed by atoms with Crippen LogP contribution in [0.5, 0.6) is 11.5 Å². The van der Waals surface area contributed by atoms with E-state index in [-0.39, 0.29) is 25.9 Å². The number of hydrogen-bond donors (Lipinski definition) is 1. The number of nitrogens with one attached hydrogen (secondary N) is 1. The summed E-state index contributed by atoms with van der Waals surface area (Å²) in [7, 11) is 0. The zero-order valence-corrected chi connectivity index (χ0v) is 15.7. The second kappa shape index (κ2) is 10.9. The van der Waals surface area contributed by atoms with Gasteiger partial charge in [-0.05, 0) is 35.0 Å². The van der Waals surface area contributed by atoms with Gasteiger partial charge >= 0.3 is 20.4 Å². The molecule has 27 heavy (non-hydrogen) atoms. The second-order valence-corrected chi connectivity index (χ2v) is 5.20. The third-order valence-corrected chi connectivity index (χ3v) is 3.40.